The number of H-pyrrole nitrogens is 1. The van der Waals surface area contributed by atoms with Crippen LogP contribution in [-0.4, -0.2) is 37.2 Å². The van der Waals surface area contributed by atoms with Gasteiger partial charge in [-0.3, -0.25) is 9.69 Å². The molecule has 2 heterocycles. The van der Waals surface area contributed by atoms with Gasteiger partial charge >= 0.3 is 0 Å². The number of rotatable bonds is 5. The number of benzene rings is 1. The van der Waals surface area contributed by atoms with Crippen molar-refractivity contribution in [2.75, 3.05) is 27.3 Å². The van der Waals surface area contributed by atoms with Crippen molar-refractivity contribution < 1.29 is 9.47 Å². The first-order valence-electron chi connectivity index (χ1n) is 8.42. The topological polar surface area (TPSA) is 54.6 Å². The monoisotopic (exact) mass is 362 g/mol. The number of pyridine rings is 1. The van der Waals surface area contributed by atoms with Crippen LogP contribution in [0, 0.1) is 0 Å². The van der Waals surface area contributed by atoms with Crippen LogP contribution in [0.5, 0.6) is 11.5 Å². The van der Waals surface area contributed by atoms with Crippen molar-refractivity contribution in [2.24, 2.45) is 0 Å². The zero-order valence-electron chi connectivity index (χ0n) is 14.5. The van der Waals surface area contributed by atoms with Gasteiger partial charge in [-0.15, -0.1) is 0 Å². The molecule has 0 saturated carbocycles. The Morgan fingerprint density at radius 2 is 1.96 bits per heavy atom. The van der Waals surface area contributed by atoms with Crippen LogP contribution in [0.25, 0.3) is 0 Å². The second kappa shape index (κ2) is 7.93. The number of halogens is 1. The number of piperidine rings is 1. The summed E-state index contributed by atoms with van der Waals surface area (Å²) in [6.07, 6.45) is 3.80. The quantitative estimate of drug-likeness (QED) is 0.885. The van der Waals surface area contributed by atoms with Gasteiger partial charge < -0.3 is 14.5 Å². The molecule has 0 spiro atoms. The van der Waals surface area contributed by atoms with Gasteiger partial charge in [0.15, 0.2) is 11.5 Å². The maximum absolute atomic E-state index is 11.5. The van der Waals surface area contributed by atoms with Crippen molar-refractivity contribution in [3.63, 3.8) is 0 Å². The minimum atomic E-state index is -0.0305. The summed E-state index contributed by atoms with van der Waals surface area (Å²) < 4.78 is 10.7. The highest BCUT2D eigenvalue weighted by Crippen LogP contribution is 2.38. The van der Waals surface area contributed by atoms with E-state index in [0.717, 1.165) is 43.6 Å². The van der Waals surface area contributed by atoms with Gasteiger partial charge in [0.25, 0.3) is 0 Å². The maximum Gasteiger partial charge on any atom is 0.248 e. The molecule has 1 aromatic heterocycles. The lowest BCUT2D eigenvalue weighted by molar-refractivity contribution is 0.204. The zero-order valence-corrected chi connectivity index (χ0v) is 15.3. The van der Waals surface area contributed by atoms with Crippen molar-refractivity contribution in [3.05, 3.63) is 57.0 Å². The number of aromatic amines is 1. The van der Waals surface area contributed by atoms with E-state index in [-0.39, 0.29) is 5.56 Å². The molecule has 0 aliphatic carbocycles. The van der Waals surface area contributed by atoms with E-state index < -0.39 is 0 Å². The van der Waals surface area contributed by atoms with Crippen LogP contribution in [0.3, 0.4) is 0 Å². The van der Waals surface area contributed by atoms with Crippen LogP contribution < -0.4 is 15.0 Å². The van der Waals surface area contributed by atoms with Crippen LogP contribution in [-0.2, 0) is 6.54 Å². The average Bonchev–Trinajstić information content (AvgIpc) is 2.63. The summed E-state index contributed by atoms with van der Waals surface area (Å²) >= 11 is 6.48. The molecule has 6 heteroatoms. The highest BCUT2D eigenvalue weighted by atomic mass is 35.5. The fourth-order valence-corrected chi connectivity index (χ4v) is 3.73. The molecule has 1 aliphatic heterocycles. The number of nitrogens with one attached hydrogen (secondary N) is 1. The van der Waals surface area contributed by atoms with Crippen LogP contribution in [0.2, 0.25) is 5.02 Å². The lowest BCUT2D eigenvalue weighted by Crippen LogP contribution is -2.32. The van der Waals surface area contributed by atoms with Gasteiger partial charge in [-0.05, 0) is 55.1 Å². The van der Waals surface area contributed by atoms with Gasteiger partial charge in [-0.2, -0.15) is 0 Å². The van der Waals surface area contributed by atoms with Gasteiger partial charge in [0.2, 0.25) is 5.56 Å². The smallest absolute Gasteiger partial charge is 0.248 e. The van der Waals surface area contributed by atoms with Crippen LogP contribution in [0.4, 0.5) is 0 Å². The standard InChI is InChI=1S/C19H23ClN2O3/c1-24-16-4-3-15(18(20)19(16)25-2)12-22-9-6-13(7-10-22)14-5-8-21-17(23)11-14/h3-5,8,11,13H,6-7,9-10,12H2,1-2H3,(H,21,23). The first-order chi connectivity index (χ1) is 12.1. The molecule has 134 valence electrons. The van der Waals surface area contributed by atoms with E-state index >= 15 is 0 Å². The Hall–Kier alpha value is -1.98. The second-order valence-electron chi connectivity index (χ2n) is 6.31. The number of nitrogens with zero attached hydrogens (tertiary/aromatic N) is 1. The van der Waals surface area contributed by atoms with E-state index in [1.807, 2.05) is 18.2 Å². The molecular weight excluding hydrogens is 340 g/mol. The van der Waals surface area contributed by atoms with Crippen LogP contribution >= 0.6 is 11.6 Å². The second-order valence-corrected chi connectivity index (χ2v) is 6.69. The molecule has 1 fully saturated rings. The first kappa shape index (κ1) is 17.8. The number of hydrogen-bond donors (Lipinski definition) is 1. The normalized spacial score (nSPS) is 16.0. The van der Waals surface area contributed by atoms with E-state index in [9.17, 15) is 4.79 Å². The van der Waals surface area contributed by atoms with Gasteiger partial charge in [0, 0.05) is 18.8 Å². The molecular formula is C19H23ClN2O3. The summed E-state index contributed by atoms with van der Waals surface area (Å²) in [6, 6.07) is 7.61. The van der Waals surface area contributed by atoms with E-state index in [1.165, 1.54) is 0 Å². The average molecular weight is 363 g/mol. The van der Waals surface area contributed by atoms with Crippen molar-refractivity contribution in [1.82, 2.24) is 9.88 Å². The van der Waals surface area contributed by atoms with E-state index in [0.29, 0.717) is 22.4 Å². The molecule has 2 aromatic rings. The predicted octanol–water partition coefficient (Wildman–Crippen LogP) is 3.43. The molecule has 0 unspecified atom stereocenters. The summed E-state index contributed by atoms with van der Waals surface area (Å²) in [5.74, 6) is 1.67. The molecule has 0 bridgehead atoms. The molecule has 1 aromatic carbocycles. The Morgan fingerprint density at radius 3 is 2.60 bits per heavy atom. The third-order valence-electron chi connectivity index (χ3n) is 4.82. The van der Waals surface area contributed by atoms with Gasteiger partial charge in [-0.25, -0.2) is 0 Å². The van der Waals surface area contributed by atoms with Gasteiger partial charge in [-0.1, -0.05) is 17.7 Å². The fourth-order valence-electron chi connectivity index (χ4n) is 3.43. The lowest BCUT2D eigenvalue weighted by atomic mass is 9.90. The Balaban J connectivity index is 1.65. The molecule has 0 radical (unpaired) electrons. The van der Waals surface area contributed by atoms with Crippen molar-refractivity contribution >= 4 is 11.6 Å². The van der Waals surface area contributed by atoms with E-state index in [4.69, 9.17) is 21.1 Å². The molecule has 0 amide bonds. The predicted molar refractivity (Wildman–Crippen MR) is 98.9 cm³/mol. The Bertz CT molecular complexity index is 782. The summed E-state index contributed by atoms with van der Waals surface area (Å²) in [4.78, 5) is 16.5. The Labute approximate surface area is 152 Å². The molecule has 0 atom stereocenters. The van der Waals surface area contributed by atoms with Crippen molar-refractivity contribution in [1.29, 1.82) is 0 Å². The molecule has 5 nitrogen and oxygen atoms in total. The SMILES string of the molecule is COc1ccc(CN2CCC(c3cc[nH]c(=O)c3)CC2)c(Cl)c1OC. The van der Waals surface area contributed by atoms with Crippen LogP contribution in [0.1, 0.15) is 29.9 Å². The number of likely N-dealkylation sites (tertiary alicyclic amines) is 1. The number of hydrogen-bond acceptors (Lipinski definition) is 4. The van der Waals surface area contributed by atoms with Crippen LogP contribution in [0.15, 0.2) is 35.3 Å². The summed E-state index contributed by atoms with van der Waals surface area (Å²) in [5, 5.41) is 0.610. The molecule has 1 saturated heterocycles. The largest absolute Gasteiger partial charge is 0.493 e. The minimum absolute atomic E-state index is 0.0305. The van der Waals surface area contributed by atoms with Crippen molar-refractivity contribution in [2.45, 2.75) is 25.3 Å². The number of ether oxygens (including phenoxy) is 2. The van der Waals surface area contributed by atoms with E-state index in [1.54, 1.807) is 26.5 Å². The highest BCUT2D eigenvalue weighted by molar-refractivity contribution is 6.33. The number of methoxy groups -OCH3 is 2. The Kier molecular flexibility index (Phi) is 5.66. The third kappa shape index (κ3) is 3.99. The molecule has 1 aliphatic rings. The van der Waals surface area contributed by atoms with Gasteiger partial charge in [0.1, 0.15) is 0 Å². The molecule has 3 rings (SSSR count). The lowest BCUT2D eigenvalue weighted by Gasteiger charge is -2.32. The van der Waals surface area contributed by atoms with Gasteiger partial charge in [0.05, 0.1) is 19.2 Å². The zero-order chi connectivity index (χ0) is 17.8. The summed E-state index contributed by atoms with van der Waals surface area (Å²) in [7, 11) is 3.20. The maximum atomic E-state index is 11.5. The molecule has 25 heavy (non-hydrogen) atoms. The fraction of sp³-hybridized carbons (Fsp3) is 0.421. The number of aromatic nitrogens is 1. The summed E-state index contributed by atoms with van der Waals surface area (Å²) in [6.45, 7) is 2.73. The molecule has 1 N–H and O–H groups in total. The third-order valence-corrected chi connectivity index (χ3v) is 5.23. The van der Waals surface area contributed by atoms with Crippen molar-refractivity contribution in [3.8, 4) is 11.5 Å². The highest BCUT2D eigenvalue weighted by Gasteiger charge is 2.22. The van der Waals surface area contributed by atoms with E-state index in [2.05, 4.69) is 9.88 Å². The first-order valence-corrected chi connectivity index (χ1v) is 8.80. The summed E-state index contributed by atoms with van der Waals surface area (Å²) in [5.41, 5.74) is 2.14. The minimum Gasteiger partial charge on any atom is -0.493 e. The Morgan fingerprint density at radius 1 is 1.20 bits per heavy atom.